The van der Waals surface area contributed by atoms with Gasteiger partial charge in [0.1, 0.15) is 0 Å². The summed E-state index contributed by atoms with van der Waals surface area (Å²) in [6.07, 6.45) is 9.34. The molecule has 0 heterocycles. The summed E-state index contributed by atoms with van der Waals surface area (Å²) in [6, 6.07) is 9.47. The first kappa shape index (κ1) is 14.1. The Balaban J connectivity index is 1.56. The quantitative estimate of drug-likeness (QED) is 0.615. The number of hydrogen-bond donors (Lipinski definition) is 2. The first-order valence-corrected chi connectivity index (χ1v) is 8.32. The van der Waals surface area contributed by atoms with Crippen molar-refractivity contribution in [3.8, 4) is 0 Å². The molecule has 0 amide bonds. The van der Waals surface area contributed by atoms with Crippen molar-refractivity contribution >= 4 is 0 Å². The van der Waals surface area contributed by atoms with Gasteiger partial charge in [0.15, 0.2) is 0 Å². The highest BCUT2D eigenvalue weighted by atomic mass is 15.2. The Morgan fingerprint density at radius 2 is 1.90 bits per heavy atom. The molecule has 0 radical (unpaired) electrons. The van der Waals surface area contributed by atoms with E-state index in [1.54, 1.807) is 0 Å². The number of hydrazine groups is 1. The van der Waals surface area contributed by atoms with Gasteiger partial charge in [-0.15, -0.1) is 0 Å². The van der Waals surface area contributed by atoms with E-state index in [-0.39, 0.29) is 0 Å². The van der Waals surface area contributed by atoms with E-state index < -0.39 is 0 Å². The van der Waals surface area contributed by atoms with Crippen molar-refractivity contribution in [1.82, 2.24) is 5.43 Å². The van der Waals surface area contributed by atoms with Gasteiger partial charge in [-0.1, -0.05) is 37.6 Å². The highest BCUT2D eigenvalue weighted by molar-refractivity contribution is 5.23. The van der Waals surface area contributed by atoms with Crippen molar-refractivity contribution in [3.63, 3.8) is 0 Å². The van der Waals surface area contributed by atoms with Gasteiger partial charge in [0.2, 0.25) is 0 Å². The monoisotopic (exact) mass is 272 g/mol. The fourth-order valence-corrected chi connectivity index (χ4v) is 4.44. The molecule has 4 atom stereocenters. The number of fused-ring (bicyclic) bond motifs is 2. The summed E-state index contributed by atoms with van der Waals surface area (Å²) in [4.78, 5) is 0. The van der Waals surface area contributed by atoms with Crippen LogP contribution in [0.3, 0.4) is 0 Å². The number of nitrogens with one attached hydrogen (secondary N) is 1. The van der Waals surface area contributed by atoms with Crippen LogP contribution in [0.5, 0.6) is 0 Å². The van der Waals surface area contributed by atoms with Crippen LogP contribution >= 0.6 is 0 Å². The number of benzene rings is 1. The van der Waals surface area contributed by atoms with E-state index in [1.165, 1.54) is 43.2 Å². The zero-order chi connectivity index (χ0) is 13.9. The number of aryl methyl sites for hydroxylation is 1. The Hall–Kier alpha value is -0.860. The summed E-state index contributed by atoms with van der Waals surface area (Å²) in [7, 11) is 0. The molecule has 110 valence electrons. The van der Waals surface area contributed by atoms with Crippen molar-refractivity contribution in [2.24, 2.45) is 23.6 Å². The number of rotatable bonds is 6. The molecule has 0 aromatic heterocycles. The van der Waals surface area contributed by atoms with Crippen LogP contribution in [0.2, 0.25) is 0 Å². The van der Waals surface area contributed by atoms with E-state index >= 15 is 0 Å². The molecular formula is C18H28N2. The minimum absolute atomic E-state index is 0.437. The molecule has 0 saturated heterocycles. The smallest absolute Gasteiger partial charge is 0.0253 e. The third kappa shape index (κ3) is 3.07. The fourth-order valence-electron chi connectivity index (χ4n) is 4.44. The second-order valence-corrected chi connectivity index (χ2v) is 6.91. The third-order valence-corrected chi connectivity index (χ3v) is 5.62. The zero-order valence-corrected chi connectivity index (χ0v) is 12.6. The van der Waals surface area contributed by atoms with Crippen molar-refractivity contribution in [2.75, 3.05) is 0 Å². The van der Waals surface area contributed by atoms with Gasteiger partial charge in [-0.2, -0.15) is 0 Å². The summed E-state index contributed by atoms with van der Waals surface area (Å²) >= 11 is 0. The predicted molar refractivity (Wildman–Crippen MR) is 84.2 cm³/mol. The van der Waals surface area contributed by atoms with Gasteiger partial charge in [-0.05, 0) is 67.4 Å². The van der Waals surface area contributed by atoms with Crippen LogP contribution in [0, 0.1) is 17.8 Å². The Labute approximate surface area is 123 Å². The van der Waals surface area contributed by atoms with Crippen molar-refractivity contribution < 1.29 is 0 Å². The van der Waals surface area contributed by atoms with E-state index in [4.69, 9.17) is 5.84 Å². The largest absolute Gasteiger partial charge is 0.271 e. The van der Waals surface area contributed by atoms with Crippen LogP contribution in [0.15, 0.2) is 24.3 Å². The molecule has 2 heteroatoms. The molecule has 2 nitrogen and oxygen atoms in total. The van der Waals surface area contributed by atoms with E-state index in [0.717, 1.165) is 30.6 Å². The molecule has 20 heavy (non-hydrogen) atoms. The lowest BCUT2D eigenvalue weighted by Gasteiger charge is -2.26. The molecule has 2 bridgehead atoms. The van der Waals surface area contributed by atoms with E-state index in [2.05, 4.69) is 36.6 Å². The lowest BCUT2D eigenvalue weighted by atomic mass is 9.83. The summed E-state index contributed by atoms with van der Waals surface area (Å²) < 4.78 is 0. The number of hydrogen-bond acceptors (Lipinski definition) is 2. The molecule has 3 rings (SSSR count). The summed E-state index contributed by atoms with van der Waals surface area (Å²) in [5.41, 5.74) is 5.89. The topological polar surface area (TPSA) is 38.0 Å². The van der Waals surface area contributed by atoms with Gasteiger partial charge in [0.25, 0.3) is 0 Å². The van der Waals surface area contributed by atoms with Crippen molar-refractivity contribution in [2.45, 2.75) is 57.9 Å². The molecule has 2 aliphatic rings. The molecule has 4 unspecified atom stereocenters. The molecule has 2 saturated carbocycles. The van der Waals surface area contributed by atoms with E-state index in [1.807, 2.05) is 0 Å². The molecule has 1 aromatic carbocycles. The zero-order valence-electron chi connectivity index (χ0n) is 12.6. The second-order valence-electron chi connectivity index (χ2n) is 6.91. The van der Waals surface area contributed by atoms with Crippen LogP contribution in [-0.2, 0) is 12.8 Å². The highest BCUT2D eigenvalue weighted by Crippen LogP contribution is 2.49. The standard InChI is InChI=1S/C18H28N2/c1-2-13-3-5-14(6-4-13)11-18(20-19)12-17-10-15-7-8-16(17)9-15/h3-6,15-18,20H,2,7-12,19H2,1H3. The Morgan fingerprint density at radius 1 is 1.15 bits per heavy atom. The van der Waals surface area contributed by atoms with Crippen LogP contribution < -0.4 is 11.3 Å². The van der Waals surface area contributed by atoms with Crippen LogP contribution in [-0.4, -0.2) is 6.04 Å². The average Bonchev–Trinajstić information content (AvgIpc) is 3.10. The summed E-state index contributed by atoms with van der Waals surface area (Å²) in [6.45, 7) is 2.20. The first-order valence-electron chi connectivity index (χ1n) is 8.32. The molecule has 0 aliphatic heterocycles. The maximum Gasteiger partial charge on any atom is 0.0253 e. The van der Waals surface area contributed by atoms with Gasteiger partial charge in [-0.25, -0.2) is 0 Å². The molecule has 2 fully saturated rings. The van der Waals surface area contributed by atoms with E-state index in [9.17, 15) is 0 Å². The Bertz CT molecular complexity index is 426. The van der Waals surface area contributed by atoms with Gasteiger partial charge < -0.3 is 0 Å². The van der Waals surface area contributed by atoms with Gasteiger partial charge in [0.05, 0.1) is 0 Å². The molecular weight excluding hydrogens is 244 g/mol. The minimum atomic E-state index is 0.437. The highest BCUT2D eigenvalue weighted by Gasteiger charge is 2.39. The molecule has 2 aliphatic carbocycles. The maximum atomic E-state index is 5.80. The number of nitrogens with two attached hydrogens (primary N) is 1. The first-order chi connectivity index (χ1) is 9.78. The van der Waals surface area contributed by atoms with Crippen molar-refractivity contribution in [3.05, 3.63) is 35.4 Å². The molecule has 1 aromatic rings. The predicted octanol–water partition coefficient (Wildman–Crippen LogP) is 3.45. The van der Waals surface area contributed by atoms with Gasteiger partial charge in [0, 0.05) is 6.04 Å². The molecule has 0 spiro atoms. The van der Waals surface area contributed by atoms with Gasteiger partial charge >= 0.3 is 0 Å². The van der Waals surface area contributed by atoms with Crippen LogP contribution in [0.1, 0.15) is 50.2 Å². The Morgan fingerprint density at radius 3 is 2.45 bits per heavy atom. The normalized spacial score (nSPS) is 29.8. The fraction of sp³-hybridized carbons (Fsp3) is 0.667. The van der Waals surface area contributed by atoms with Gasteiger partial charge in [-0.3, -0.25) is 11.3 Å². The van der Waals surface area contributed by atoms with Crippen LogP contribution in [0.4, 0.5) is 0 Å². The third-order valence-electron chi connectivity index (χ3n) is 5.62. The second kappa shape index (κ2) is 6.28. The maximum absolute atomic E-state index is 5.80. The van der Waals surface area contributed by atoms with E-state index in [0.29, 0.717) is 6.04 Å². The SMILES string of the molecule is CCc1ccc(CC(CC2CC3CCC2C3)NN)cc1. The summed E-state index contributed by atoms with van der Waals surface area (Å²) in [5, 5.41) is 0. The Kier molecular flexibility index (Phi) is 4.42. The average molecular weight is 272 g/mol. The minimum Gasteiger partial charge on any atom is -0.271 e. The lowest BCUT2D eigenvalue weighted by Crippen LogP contribution is -2.39. The lowest BCUT2D eigenvalue weighted by molar-refractivity contribution is 0.277. The van der Waals surface area contributed by atoms with Crippen molar-refractivity contribution in [1.29, 1.82) is 0 Å². The molecule has 3 N–H and O–H groups in total. The summed E-state index contributed by atoms with van der Waals surface area (Å²) in [5.74, 6) is 8.76. The van der Waals surface area contributed by atoms with Crippen LogP contribution in [0.25, 0.3) is 0 Å².